The van der Waals surface area contributed by atoms with Crippen molar-refractivity contribution in [3.05, 3.63) is 30.7 Å². The molecule has 2 aliphatic rings. The van der Waals surface area contributed by atoms with E-state index in [2.05, 4.69) is 21.8 Å². The van der Waals surface area contributed by atoms with Crippen LogP contribution in [0.5, 0.6) is 0 Å². The van der Waals surface area contributed by atoms with Gasteiger partial charge in [0.25, 0.3) is 0 Å². The summed E-state index contributed by atoms with van der Waals surface area (Å²) in [5.41, 5.74) is 8.00. The van der Waals surface area contributed by atoms with Crippen LogP contribution in [0.2, 0.25) is 0 Å². The highest BCUT2D eigenvalue weighted by Gasteiger charge is 2.35. The first-order valence-corrected chi connectivity index (χ1v) is 9.27. The summed E-state index contributed by atoms with van der Waals surface area (Å²) >= 11 is 0. The number of pyridine rings is 1. The summed E-state index contributed by atoms with van der Waals surface area (Å²) in [4.78, 5) is 21.6. The van der Waals surface area contributed by atoms with Crippen LogP contribution in [0.4, 0.5) is 11.5 Å². The molecule has 1 aliphatic heterocycles. The zero-order valence-electron chi connectivity index (χ0n) is 15.3. The molecule has 1 saturated carbocycles. The molecule has 1 atom stereocenters. The van der Waals surface area contributed by atoms with Crippen LogP contribution in [0.3, 0.4) is 0 Å². The van der Waals surface area contributed by atoms with Gasteiger partial charge in [-0.2, -0.15) is 0 Å². The van der Waals surface area contributed by atoms with E-state index in [0.717, 1.165) is 23.5 Å². The van der Waals surface area contributed by atoms with Crippen molar-refractivity contribution in [2.75, 3.05) is 12.0 Å². The Hall–Kier alpha value is -2.70. The first-order chi connectivity index (χ1) is 12.7. The van der Waals surface area contributed by atoms with Crippen LogP contribution >= 0.6 is 0 Å². The largest absolute Gasteiger partial charge is 0.385 e. The number of aliphatic imine (C=N–C) groups is 1. The second-order valence-electron chi connectivity index (χ2n) is 6.84. The van der Waals surface area contributed by atoms with Crippen molar-refractivity contribution in [1.29, 1.82) is 0 Å². The van der Waals surface area contributed by atoms with Gasteiger partial charge in [-0.1, -0.05) is 19.8 Å². The second-order valence-corrected chi connectivity index (χ2v) is 6.84. The SMILES string of the molecule is CCC1C(N)=Nc2cnc(-c3cc[n+](OC)cc3)nc2N1C1CCCC1. The number of nitrogens with two attached hydrogens (primary N) is 1. The third-order valence-corrected chi connectivity index (χ3v) is 5.30. The fourth-order valence-electron chi connectivity index (χ4n) is 3.98. The molecular weight excluding hydrogens is 328 g/mol. The summed E-state index contributed by atoms with van der Waals surface area (Å²) in [6.45, 7) is 2.16. The quantitative estimate of drug-likeness (QED) is 0.851. The van der Waals surface area contributed by atoms with Crippen LogP contribution in [-0.4, -0.2) is 35.0 Å². The maximum atomic E-state index is 6.28. The Balaban J connectivity index is 1.77. The number of fused-ring (bicyclic) bond motifs is 1. The summed E-state index contributed by atoms with van der Waals surface area (Å²) in [6.07, 6.45) is 11.3. The van der Waals surface area contributed by atoms with E-state index < -0.39 is 0 Å². The molecule has 1 unspecified atom stereocenters. The lowest BCUT2D eigenvalue weighted by Gasteiger charge is -2.39. The van der Waals surface area contributed by atoms with Gasteiger partial charge in [0.2, 0.25) is 12.4 Å². The number of hydrogen-bond donors (Lipinski definition) is 1. The van der Waals surface area contributed by atoms with E-state index >= 15 is 0 Å². The van der Waals surface area contributed by atoms with Gasteiger partial charge in [-0.05, 0) is 19.3 Å². The maximum absolute atomic E-state index is 6.28. The Morgan fingerprint density at radius 1 is 1.27 bits per heavy atom. The van der Waals surface area contributed by atoms with E-state index in [1.165, 1.54) is 25.7 Å². The van der Waals surface area contributed by atoms with Crippen molar-refractivity contribution >= 4 is 17.3 Å². The number of rotatable bonds is 4. The average molecular weight is 353 g/mol. The molecule has 7 heteroatoms. The van der Waals surface area contributed by atoms with Gasteiger partial charge >= 0.3 is 0 Å². The zero-order valence-corrected chi connectivity index (χ0v) is 15.3. The van der Waals surface area contributed by atoms with E-state index in [0.29, 0.717) is 17.7 Å². The first-order valence-electron chi connectivity index (χ1n) is 9.27. The minimum atomic E-state index is 0.111. The molecule has 3 heterocycles. The van der Waals surface area contributed by atoms with Crippen LogP contribution in [0.1, 0.15) is 39.0 Å². The van der Waals surface area contributed by atoms with Gasteiger partial charge in [0.05, 0.1) is 12.2 Å². The molecule has 1 fully saturated rings. The molecule has 2 aromatic rings. The fraction of sp³-hybridized carbons (Fsp3) is 0.474. The maximum Gasteiger partial charge on any atom is 0.223 e. The molecular formula is C19H25N6O+. The Morgan fingerprint density at radius 2 is 2.00 bits per heavy atom. The third-order valence-electron chi connectivity index (χ3n) is 5.30. The highest BCUT2D eigenvalue weighted by Crippen LogP contribution is 2.39. The van der Waals surface area contributed by atoms with E-state index in [1.54, 1.807) is 18.0 Å². The lowest BCUT2D eigenvalue weighted by molar-refractivity contribution is -0.885. The summed E-state index contributed by atoms with van der Waals surface area (Å²) in [5.74, 6) is 2.27. The Morgan fingerprint density at radius 3 is 2.65 bits per heavy atom. The lowest BCUT2D eigenvalue weighted by atomic mass is 10.0. The Labute approximate surface area is 153 Å². The summed E-state index contributed by atoms with van der Waals surface area (Å²) in [5, 5.41) is 0. The molecule has 7 nitrogen and oxygen atoms in total. The second kappa shape index (κ2) is 6.90. The predicted molar refractivity (Wildman–Crippen MR) is 100 cm³/mol. The van der Waals surface area contributed by atoms with Gasteiger partial charge < -0.3 is 10.6 Å². The van der Waals surface area contributed by atoms with Gasteiger partial charge in [-0.25, -0.2) is 15.0 Å². The van der Waals surface area contributed by atoms with Crippen LogP contribution in [0, 0.1) is 0 Å². The first kappa shape index (κ1) is 16.8. The molecule has 0 saturated heterocycles. The van der Waals surface area contributed by atoms with Gasteiger partial charge in [-0.15, -0.1) is 0 Å². The number of hydrogen-bond acceptors (Lipinski definition) is 6. The number of nitrogens with zero attached hydrogens (tertiary/aromatic N) is 5. The van der Waals surface area contributed by atoms with Crippen molar-refractivity contribution in [1.82, 2.24) is 9.97 Å². The normalized spacial score (nSPS) is 20.0. The van der Waals surface area contributed by atoms with Crippen molar-refractivity contribution in [3.8, 4) is 11.4 Å². The smallest absolute Gasteiger partial charge is 0.223 e. The standard InChI is InChI=1S/C19H24N6O/c1-3-16-17(20)22-15-12-21-18(13-8-10-24(26-2)11-9-13)23-19(15)25(16)14-6-4-5-7-14/h8-12,14,16,20H,3-7H2,1-2H3/p+1. The molecule has 136 valence electrons. The molecule has 0 bridgehead atoms. The molecule has 0 aromatic carbocycles. The van der Waals surface area contributed by atoms with Crippen molar-refractivity contribution in [2.24, 2.45) is 10.7 Å². The fourth-order valence-corrected chi connectivity index (χ4v) is 3.98. The molecule has 4 rings (SSSR count). The highest BCUT2D eigenvalue weighted by atomic mass is 16.6. The molecule has 1 aliphatic carbocycles. The Bertz CT molecular complexity index is 813. The molecule has 0 spiro atoms. The van der Waals surface area contributed by atoms with E-state index in [4.69, 9.17) is 15.6 Å². The molecule has 0 amide bonds. The molecule has 26 heavy (non-hydrogen) atoms. The zero-order chi connectivity index (χ0) is 18.1. The lowest BCUT2D eigenvalue weighted by Crippen LogP contribution is -2.51. The summed E-state index contributed by atoms with van der Waals surface area (Å²) < 4.78 is 1.63. The number of anilines is 1. The van der Waals surface area contributed by atoms with Gasteiger partial charge in [-0.3, -0.25) is 4.84 Å². The van der Waals surface area contributed by atoms with Crippen molar-refractivity contribution in [3.63, 3.8) is 0 Å². The van der Waals surface area contributed by atoms with Gasteiger partial charge in [0.15, 0.2) is 11.6 Å². The van der Waals surface area contributed by atoms with Crippen LogP contribution < -0.4 is 20.2 Å². The minimum Gasteiger partial charge on any atom is -0.385 e. The van der Waals surface area contributed by atoms with Crippen molar-refractivity contribution in [2.45, 2.75) is 51.1 Å². The van der Waals surface area contributed by atoms with Crippen LogP contribution in [0.15, 0.2) is 35.7 Å². The molecule has 0 radical (unpaired) electrons. The number of aromatic nitrogens is 3. The van der Waals surface area contributed by atoms with E-state index in [-0.39, 0.29) is 6.04 Å². The predicted octanol–water partition coefficient (Wildman–Crippen LogP) is 2.02. The van der Waals surface area contributed by atoms with Gasteiger partial charge in [0.1, 0.15) is 18.6 Å². The highest BCUT2D eigenvalue weighted by molar-refractivity contribution is 5.95. The van der Waals surface area contributed by atoms with Crippen LogP contribution in [0.25, 0.3) is 11.4 Å². The van der Waals surface area contributed by atoms with Crippen molar-refractivity contribution < 1.29 is 9.57 Å². The monoisotopic (exact) mass is 353 g/mol. The van der Waals surface area contributed by atoms with E-state index in [9.17, 15) is 0 Å². The summed E-state index contributed by atoms with van der Waals surface area (Å²) in [6, 6.07) is 4.48. The van der Waals surface area contributed by atoms with Crippen LogP contribution in [-0.2, 0) is 0 Å². The van der Waals surface area contributed by atoms with E-state index in [1.807, 2.05) is 24.5 Å². The minimum absolute atomic E-state index is 0.111. The Kier molecular flexibility index (Phi) is 4.44. The number of amidine groups is 1. The summed E-state index contributed by atoms with van der Waals surface area (Å²) in [7, 11) is 1.63. The molecule has 2 N–H and O–H groups in total. The third kappa shape index (κ3) is 2.87. The molecule has 2 aromatic heterocycles. The van der Waals surface area contributed by atoms with Gasteiger partial charge in [0, 0.05) is 28.5 Å². The topological polar surface area (TPSA) is 80.5 Å². The average Bonchev–Trinajstić information content (AvgIpc) is 3.21.